The molecule has 9 aromatic rings. The molecule has 0 saturated carbocycles. The van der Waals surface area contributed by atoms with Gasteiger partial charge in [-0.15, -0.1) is 0 Å². The van der Waals surface area contributed by atoms with Crippen LogP contribution in [0.3, 0.4) is 0 Å². The SMILES string of the molecule is c1ccc(-c2cc3c(cc(-c4c5ccccc5c(-c5ccccc5)c5ccccc45)c4c5ccccc5oc34)o2)cc1. The van der Waals surface area contributed by atoms with Crippen LogP contribution in [0.25, 0.3) is 88.0 Å². The Morgan fingerprint density at radius 1 is 0.357 bits per heavy atom. The van der Waals surface area contributed by atoms with Gasteiger partial charge in [0.25, 0.3) is 0 Å². The van der Waals surface area contributed by atoms with Gasteiger partial charge in [0.2, 0.25) is 0 Å². The van der Waals surface area contributed by atoms with Crippen molar-refractivity contribution in [2.75, 3.05) is 0 Å². The molecule has 7 aromatic carbocycles. The van der Waals surface area contributed by atoms with Gasteiger partial charge in [0.05, 0.1) is 5.39 Å². The third-order valence-electron chi connectivity index (χ3n) is 8.47. The first-order chi connectivity index (χ1) is 20.8. The molecule has 0 radical (unpaired) electrons. The molecular weight excluding hydrogens is 512 g/mol. The van der Waals surface area contributed by atoms with Gasteiger partial charge >= 0.3 is 0 Å². The van der Waals surface area contributed by atoms with E-state index in [1.54, 1.807) is 0 Å². The van der Waals surface area contributed by atoms with E-state index in [0.717, 1.165) is 49.8 Å². The Morgan fingerprint density at radius 3 is 1.52 bits per heavy atom. The number of fused-ring (bicyclic) bond motifs is 7. The first kappa shape index (κ1) is 23.1. The molecule has 0 atom stereocenters. The van der Waals surface area contributed by atoms with E-state index >= 15 is 0 Å². The van der Waals surface area contributed by atoms with Crippen molar-refractivity contribution >= 4 is 54.5 Å². The molecule has 0 amide bonds. The van der Waals surface area contributed by atoms with Gasteiger partial charge in [0.15, 0.2) is 0 Å². The Labute approximate surface area is 242 Å². The van der Waals surface area contributed by atoms with Gasteiger partial charge in [-0.3, -0.25) is 0 Å². The molecule has 0 unspecified atom stereocenters. The van der Waals surface area contributed by atoms with Gasteiger partial charge < -0.3 is 8.83 Å². The molecule has 0 N–H and O–H groups in total. The van der Waals surface area contributed by atoms with Crippen LogP contribution in [0.1, 0.15) is 0 Å². The maximum atomic E-state index is 6.63. The molecule has 0 saturated heterocycles. The van der Waals surface area contributed by atoms with E-state index in [1.165, 1.54) is 38.2 Å². The summed E-state index contributed by atoms with van der Waals surface area (Å²) in [6, 6.07) is 51.2. The van der Waals surface area contributed by atoms with Crippen LogP contribution in [-0.2, 0) is 0 Å². The van der Waals surface area contributed by atoms with Crippen LogP contribution in [0.2, 0.25) is 0 Å². The number of furan rings is 2. The van der Waals surface area contributed by atoms with E-state index in [0.29, 0.717) is 0 Å². The van der Waals surface area contributed by atoms with Crippen molar-refractivity contribution in [3.8, 4) is 33.6 Å². The molecular formula is C40H24O2. The largest absolute Gasteiger partial charge is 0.456 e. The third-order valence-corrected chi connectivity index (χ3v) is 8.47. The summed E-state index contributed by atoms with van der Waals surface area (Å²) < 4.78 is 13.2. The first-order valence-corrected chi connectivity index (χ1v) is 14.3. The molecule has 2 heteroatoms. The zero-order valence-electron chi connectivity index (χ0n) is 22.7. The zero-order chi connectivity index (χ0) is 27.6. The van der Waals surface area contributed by atoms with Crippen LogP contribution in [-0.4, -0.2) is 0 Å². The van der Waals surface area contributed by atoms with Crippen molar-refractivity contribution in [3.05, 3.63) is 146 Å². The lowest BCUT2D eigenvalue weighted by atomic mass is 9.84. The molecule has 0 spiro atoms. The van der Waals surface area contributed by atoms with Gasteiger partial charge in [-0.05, 0) is 62.0 Å². The highest BCUT2D eigenvalue weighted by Crippen LogP contribution is 2.49. The lowest BCUT2D eigenvalue weighted by Crippen LogP contribution is -1.91. The maximum Gasteiger partial charge on any atom is 0.147 e. The van der Waals surface area contributed by atoms with Crippen molar-refractivity contribution in [2.45, 2.75) is 0 Å². The molecule has 2 aromatic heterocycles. The van der Waals surface area contributed by atoms with E-state index in [-0.39, 0.29) is 0 Å². The van der Waals surface area contributed by atoms with Crippen molar-refractivity contribution in [1.82, 2.24) is 0 Å². The minimum Gasteiger partial charge on any atom is -0.456 e. The second-order valence-electron chi connectivity index (χ2n) is 10.8. The van der Waals surface area contributed by atoms with Crippen LogP contribution < -0.4 is 0 Å². The normalized spacial score (nSPS) is 11.8. The summed E-state index contributed by atoms with van der Waals surface area (Å²) in [6.07, 6.45) is 0. The van der Waals surface area contributed by atoms with Gasteiger partial charge in [-0.1, -0.05) is 127 Å². The minimum atomic E-state index is 0.815. The summed E-state index contributed by atoms with van der Waals surface area (Å²) >= 11 is 0. The number of para-hydroxylation sites is 1. The number of benzene rings is 7. The Bertz CT molecular complexity index is 2390. The van der Waals surface area contributed by atoms with E-state index in [4.69, 9.17) is 8.83 Å². The van der Waals surface area contributed by atoms with E-state index in [2.05, 4.69) is 121 Å². The average molecular weight is 537 g/mol. The summed E-state index contributed by atoms with van der Waals surface area (Å²) in [5.74, 6) is 0.832. The monoisotopic (exact) mass is 536 g/mol. The molecule has 0 aliphatic carbocycles. The van der Waals surface area contributed by atoms with Crippen molar-refractivity contribution in [1.29, 1.82) is 0 Å². The quantitative estimate of drug-likeness (QED) is 0.210. The van der Waals surface area contributed by atoms with E-state index in [9.17, 15) is 0 Å². The van der Waals surface area contributed by atoms with Gasteiger partial charge in [-0.2, -0.15) is 0 Å². The van der Waals surface area contributed by atoms with E-state index < -0.39 is 0 Å². The number of hydrogen-bond acceptors (Lipinski definition) is 2. The lowest BCUT2D eigenvalue weighted by Gasteiger charge is -2.18. The van der Waals surface area contributed by atoms with Crippen LogP contribution in [0, 0.1) is 0 Å². The molecule has 9 rings (SSSR count). The standard InChI is InChI=1S/C40H24O2/c1-3-13-25(14-4-1)35-23-32-36(41-35)24-33(39-31-21-11-12-22-34(31)42-40(32)39)38-29-19-9-7-17-27(29)37(26-15-5-2-6-16-26)28-18-8-10-20-30(28)38/h1-24H. The Kier molecular flexibility index (Phi) is 4.93. The minimum absolute atomic E-state index is 0.815. The Balaban J connectivity index is 1.48. The summed E-state index contributed by atoms with van der Waals surface area (Å²) in [6.45, 7) is 0. The first-order valence-electron chi connectivity index (χ1n) is 14.3. The third kappa shape index (κ3) is 3.33. The summed E-state index contributed by atoms with van der Waals surface area (Å²) in [7, 11) is 0. The summed E-state index contributed by atoms with van der Waals surface area (Å²) in [5.41, 5.74) is 8.36. The predicted molar refractivity (Wildman–Crippen MR) is 175 cm³/mol. The lowest BCUT2D eigenvalue weighted by molar-refractivity contribution is 0.631. The van der Waals surface area contributed by atoms with Crippen molar-refractivity contribution in [2.24, 2.45) is 0 Å². The molecule has 0 aliphatic rings. The van der Waals surface area contributed by atoms with Gasteiger partial charge in [-0.25, -0.2) is 0 Å². The van der Waals surface area contributed by atoms with Crippen LogP contribution in [0.15, 0.2) is 154 Å². The summed E-state index contributed by atoms with van der Waals surface area (Å²) in [4.78, 5) is 0. The molecule has 42 heavy (non-hydrogen) atoms. The van der Waals surface area contributed by atoms with Crippen molar-refractivity contribution < 1.29 is 8.83 Å². The summed E-state index contributed by atoms with van der Waals surface area (Å²) in [5, 5.41) is 8.06. The van der Waals surface area contributed by atoms with Crippen molar-refractivity contribution in [3.63, 3.8) is 0 Å². The fourth-order valence-electron chi connectivity index (χ4n) is 6.67. The number of hydrogen-bond donors (Lipinski definition) is 0. The molecule has 2 nitrogen and oxygen atoms in total. The predicted octanol–water partition coefficient (Wildman–Crippen LogP) is 11.6. The Morgan fingerprint density at radius 2 is 0.881 bits per heavy atom. The average Bonchev–Trinajstić information content (AvgIpc) is 3.66. The molecule has 0 aliphatic heterocycles. The highest BCUT2D eigenvalue weighted by atomic mass is 16.3. The Hall–Kier alpha value is -5.60. The number of rotatable bonds is 3. The van der Waals surface area contributed by atoms with Crippen LogP contribution in [0.5, 0.6) is 0 Å². The fourth-order valence-corrected chi connectivity index (χ4v) is 6.67. The topological polar surface area (TPSA) is 26.3 Å². The highest BCUT2D eigenvalue weighted by Gasteiger charge is 2.23. The molecule has 0 fully saturated rings. The van der Waals surface area contributed by atoms with Gasteiger partial charge in [0.1, 0.15) is 22.5 Å². The molecule has 196 valence electrons. The highest BCUT2D eigenvalue weighted by molar-refractivity contribution is 6.28. The van der Waals surface area contributed by atoms with Gasteiger partial charge in [0, 0.05) is 16.3 Å². The van der Waals surface area contributed by atoms with E-state index in [1.807, 2.05) is 24.3 Å². The fraction of sp³-hybridized carbons (Fsp3) is 0. The second-order valence-corrected chi connectivity index (χ2v) is 10.8. The molecule has 2 heterocycles. The zero-order valence-corrected chi connectivity index (χ0v) is 22.7. The second kappa shape index (κ2) is 8.95. The van der Waals surface area contributed by atoms with Crippen LogP contribution >= 0.6 is 0 Å². The van der Waals surface area contributed by atoms with Crippen LogP contribution in [0.4, 0.5) is 0 Å². The smallest absolute Gasteiger partial charge is 0.147 e. The maximum absolute atomic E-state index is 6.63. The molecule has 0 bridgehead atoms.